The summed E-state index contributed by atoms with van der Waals surface area (Å²) in [5, 5.41) is 0. The molecule has 0 saturated heterocycles. The van der Waals surface area contributed by atoms with Gasteiger partial charge >= 0.3 is 0 Å². The van der Waals surface area contributed by atoms with Crippen LogP contribution in [0.15, 0.2) is 59.5 Å². The number of rotatable bonds is 4. The lowest BCUT2D eigenvalue weighted by Gasteiger charge is -2.30. The lowest BCUT2D eigenvalue weighted by molar-refractivity contribution is 0.418. The molecular weight excluding hydrogens is 326 g/mol. The molecule has 0 aromatic heterocycles. The minimum atomic E-state index is 0.566. The Kier molecular flexibility index (Phi) is 5.89. The van der Waals surface area contributed by atoms with Crippen molar-refractivity contribution in [3.63, 3.8) is 0 Å². The van der Waals surface area contributed by atoms with E-state index in [1.54, 1.807) is 0 Å². The normalized spacial score (nSPS) is 20.8. The minimum absolute atomic E-state index is 0.566. The van der Waals surface area contributed by atoms with Crippen molar-refractivity contribution in [1.29, 1.82) is 0 Å². The Balaban J connectivity index is 1.95. The molecule has 0 N–H and O–H groups in total. The number of nitrogens with zero attached hydrogens (tertiary/aromatic N) is 1. The highest BCUT2D eigenvalue weighted by Crippen LogP contribution is 2.38. The molecular formula is C26H33N. The van der Waals surface area contributed by atoms with Crippen molar-refractivity contribution in [3.05, 3.63) is 81.7 Å². The second-order valence-electron chi connectivity index (χ2n) is 8.02. The fourth-order valence-corrected chi connectivity index (χ4v) is 4.82. The van der Waals surface area contributed by atoms with E-state index in [1.807, 2.05) is 0 Å². The standard InChI is InChI=1S/C26H33N/c1-7-9-22-13-18(3)25(19(4)14-22)24-11-12-27(17-24)26-20(5)15-23(10-8-2)16-21(26)6/h7-10,13-15,17,21H,11-12,16H2,1-6H3/b9-7+,10-8+/t21-/m0/s1. The van der Waals surface area contributed by atoms with Gasteiger partial charge in [-0.3, -0.25) is 0 Å². The molecule has 0 unspecified atom stereocenters. The van der Waals surface area contributed by atoms with Gasteiger partial charge in [-0.1, -0.05) is 49.4 Å². The number of aryl methyl sites for hydroxylation is 2. The molecule has 2 aliphatic rings. The number of allylic oxidation sites excluding steroid dienone is 7. The molecule has 27 heavy (non-hydrogen) atoms. The molecule has 1 nitrogen and oxygen atoms in total. The van der Waals surface area contributed by atoms with Crippen molar-refractivity contribution < 1.29 is 0 Å². The molecule has 1 heteroatoms. The largest absolute Gasteiger partial charge is 0.350 e. The van der Waals surface area contributed by atoms with E-state index >= 15 is 0 Å². The van der Waals surface area contributed by atoms with Gasteiger partial charge in [0.15, 0.2) is 0 Å². The summed E-state index contributed by atoms with van der Waals surface area (Å²) < 4.78 is 0. The summed E-state index contributed by atoms with van der Waals surface area (Å²) in [5.74, 6) is 0.566. The molecule has 0 amide bonds. The minimum Gasteiger partial charge on any atom is -0.350 e. The Morgan fingerprint density at radius 3 is 2.26 bits per heavy atom. The van der Waals surface area contributed by atoms with Gasteiger partial charge < -0.3 is 4.90 Å². The van der Waals surface area contributed by atoms with Crippen LogP contribution in [0.1, 0.15) is 62.8 Å². The van der Waals surface area contributed by atoms with Crippen LogP contribution in [0.4, 0.5) is 0 Å². The summed E-state index contributed by atoms with van der Waals surface area (Å²) in [6, 6.07) is 4.62. The molecule has 0 radical (unpaired) electrons. The van der Waals surface area contributed by atoms with Crippen molar-refractivity contribution in [1.82, 2.24) is 4.90 Å². The van der Waals surface area contributed by atoms with E-state index in [2.05, 4.69) is 95.2 Å². The lowest BCUT2D eigenvalue weighted by atomic mass is 9.88. The van der Waals surface area contributed by atoms with E-state index in [-0.39, 0.29) is 0 Å². The van der Waals surface area contributed by atoms with Gasteiger partial charge in [0.05, 0.1) is 0 Å². The van der Waals surface area contributed by atoms with Crippen LogP contribution < -0.4 is 0 Å². The SMILES string of the molecule is C/C=C/C1=CC(C)=C(N2C=C(c3c(C)cc(/C=C/C)cc3C)CC2)[C@@H](C)C1. The van der Waals surface area contributed by atoms with Crippen LogP contribution in [0.3, 0.4) is 0 Å². The number of benzene rings is 1. The van der Waals surface area contributed by atoms with Crippen LogP contribution in [-0.4, -0.2) is 11.4 Å². The summed E-state index contributed by atoms with van der Waals surface area (Å²) in [6.07, 6.45) is 15.7. The average molecular weight is 360 g/mol. The smallest absolute Gasteiger partial charge is 0.0263 e. The molecule has 0 spiro atoms. The number of hydrogen-bond donors (Lipinski definition) is 0. The highest BCUT2D eigenvalue weighted by atomic mass is 15.1. The third kappa shape index (κ3) is 4.03. The Morgan fingerprint density at radius 1 is 1.00 bits per heavy atom. The Morgan fingerprint density at radius 2 is 1.67 bits per heavy atom. The summed E-state index contributed by atoms with van der Waals surface area (Å²) in [6.45, 7) is 14.4. The molecule has 1 aromatic carbocycles. The van der Waals surface area contributed by atoms with Gasteiger partial charge in [-0.05, 0) is 86.4 Å². The zero-order chi connectivity index (χ0) is 19.6. The van der Waals surface area contributed by atoms with Gasteiger partial charge in [0.25, 0.3) is 0 Å². The van der Waals surface area contributed by atoms with Crippen LogP contribution in [0.25, 0.3) is 11.6 Å². The fraction of sp³-hybridized carbons (Fsp3) is 0.385. The van der Waals surface area contributed by atoms with Gasteiger partial charge in [-0.15, -0.1) is 0 Å². The van der Waals surface area contributed by atoms with Crippen molar-refractivity contribution in [3.8, 4) is 0 Å². The first-order valence-electron chi connectivity index (χ1n) is 10.2. The van der Waals surface area contributed by atoms with E-state index in [9.17, 15) is 0 Å². The summed E-state index contributed by atoms with van der Waals surface area (Å²) >= 11 is 0. The van der Waals surface area contributed by atoms with E-state index < -0.39 is 0 Å². The molecule has 1 aliphatic carbocycles. The molecule has 1 heterocycles. The van der Waals surface area contributed by atoms with Crippen LogP contribution >= 0.6 is 0 Å². The molecule has 142 valence electrons. The first-order valence-corrected chi connectivity index (χ1v) is 10.2. The van der Waals surface area contributed by atoms with E-state index in [1.165, 1.54) is 44.7 Å². The van der Waals surface area contributed by atoms with Gasteiger partial charge in [-0.25, -0.2) is 0 Å². The van der Waals surface area contributed by atoms with Crippen molar-refractivity contribution >= 4 is 11.6 Å². The third-order valence-electron chi connectivity index (χ3n) is 5.67. The molecule has 0 fully saturated rings. The summed E-state index contributed by atoms with van der Waals surface area (Å²) in [4.78, 5) is 2.51. The zero-order valence-electron chi connectivity index (χ0n) is 17.8. The lowest BCUT2D eigenvalue weighted by Crippen LogP contribution is -2.23. The molecule has 0 saturated carbocycles. The fourth-order valence-electron chi connectivity index (χ4n) is 4.82. The maximum Gasteiger partial charge on any atom is 0.0263 e. The van der Waals surface area contributed by atoms with Crippen LogP contribution in [0.2, 0.25) is 0 Å². The first kappa shape index (κ1) is 19.5. The van der Waals surface area contributed by atoms with Crippen LogP contribution in [-0.2, 0) is 0 Å². The van der Waals surface area contributed by atoms with Gasteiger partial charge in [0.2, 0.25) is 0 Å². The van der Waals surface area contributed by atoms with Crippen LogP contribution in [0, 0.1) is 19.8 Å². The predicted octanol–water partition coefficient (Wildman–Crippen LogP) is 7.20. The Hall–Kier alpha value is -2.28. The quantitative estimate of drug-likeness (QED) is 0.549. The summed E-state index contributed by atoms with van der Waals surface area (Å²) in [5.41, 5.74) is 11.3. The average Bonchev–Trinajstić information content (AvgIpc) is 3.03. The van der Waals surface area contributed by atoms with Gasteiger partial charge in [0.1, 0.15) is 0 Å². The monoisotopic (exact) mass is 359 g/mol. The topological polar surface area (TPSA) is 3.24 Å². The third-order valence-corrected chi connectivity index (χ3v) is 5.67. The molecule has 1 aromatic rings. The van der Waals surface area contributed by atoms with E-state index in [0.29, 0.717) is 5.92 Å². The van der Waals surface area contributed by atoms with Crippen LogP contribution in [0.5, 0.6) is 0 Å². The Labute approximate surface area is 165 Å². The number of hydrogen-bond acceptors (Lipinski definition) is 1. The second kappa shape index (κ2) is 8.17. The molecule has 3 rings (SSSR count). The van der Waals surface area contributed by atoms with E-state index in [0.717, 1.165) is 19.4 Å². The maximum absolute atomic E-state index is 2.51. The van der Waals surface area contributed by atoms with Crippen molar-refractivity contribution in [2.45, 2.75) is 54.4 Å². The molecule has 0 bridgehead atoms. The predicted molar refractivity (Wildman–Crippen MR) is 119 cm³/mol. The molecule has 1 atom stereocenters. The first-order chi connectivity index (χ1) is 12.9. The zero-order valence-corrected chi connectivity index (χ0v) is 17.8. The highest BCUT2D eigenvalue weighted by Gasteiger charge is 2.26. The van der Waals surface area contributed by atoms with Gasteiger partial charge in [0, 0.05) is 24.4 Å². The van der Waals surface area contributed by atoms with E-state index in [4.69, 9.17) is 0 Å². The van der Waals surface area contributed by atoms with Gasteiger partial charge in [-0.2, -0.15) is 0 Å². The highest BCUT2D eigenvalue weighted by molar-refractivity contribution is 5.74. The van der Waals surface area contributed by atoms with Crippen molar-refractivity contribution in [2.75, 3.05) is 6.54 Å². The molecule has 1 aliphatic heterocycles. The summed E-state index contributed by atoms with van der Waals surface area (Å²) in [7, 11) is 0. The van der Waals surface area contributed by atoms with Crippen molar-refractivity contribution in [2.24, 2.45) is 5.92 Å². The Bertz CT molecular complexity index is 850. The second-order valence-corrected chi connectivity index (χ2v) is 8.02. The maximum atomic E-state index is 2.51.